The van der Waals surface area contributed by atoms with Crippen LogP contribution < -0.4 is 5.56 Å². The fourth-order valence-electron chi connectivity index (χ4n) is 1.37. The van der Waals surface area contributed by atoms with Gasteiger partial charge in [0.25, 0.3) is 5.56 Å². The van der Waals surface area contributed by atoms with Crippen LogP contribution in [0.15, 0.2) is 29.1 Å². The Labute approximate surface area is 89.1 Å². The maximum atomic E-state index is 11.5. The lowest BCUT2D eigenvalue weighted by atomic mass is 10.1. The molecule has 0 aliphatic rings. The zero-order valence-electron chi connectivity index (χ0n) is 7.45. The second kappa shape index (κ2) is 3.40. The average Bonchev–Trinajstić information content (AvgIpc) is 2.19. The molecule has 0 fully saturated rings. The molecule has 76 valence electrons. The van der Waals surface area contributed by atoms with Crippen LogP contribution in [0.5, 0.6) is 0 Å². The van der Waals surface area contributed by atoms with Crippen LogP contribution in [0.1, 0.15) is 10.5 Å². The van der Waals surface area contributed by atoms with Gasteiger partial charge in [-0.2, -0.15) is 0 Å². The summed E-state index contributed by atoms with van der Waals surface area (Å²) >= 11 is 5.86. The number of hydrogen-bond donors (Lipinski definition) is 2. The second-order valence-corrected chi connectivity index (χ2v) is 3.43. The number of rotatable bonds is 1. The summed E-state index contributed by atoms with van der Waals surface area (Å²) in [6.07, 6.45) is 0. The highest BCUT2D eigenvalue weighted by Gasteiger charge is 2.09. The third-order valence-corrected chi connectivity index (χ3v) is 2.39. The largest absolute Gasteiger partial charge is 0.477 e. The maximum absolute atomic E-state index is 11.5. The normalized spacial score (nSPS) is 10.5. The Kier molecular flexibility index (Phi) is 2.21. The minimum atomic E-state index is -1.19. The van der Waals surface area contributed by atoms with Crippen LogP contribution in [0.4, 0.5) is 0 Å². The number of aromatic nitrogens is 1. The van der Waals surface area contributed by atoms with Gasteiger partial charge in [0, 0.05) is 15.8 Å². The molecule has 15 heavy (non-hydrogen) atoms. The van der Waals surface area contributed by atoms with Gasteiger partial charge < -0.3 is 10.1 Å². The van der Waals surface area contributed by atoms with Gasteiger partial charge in [-0.1, -0.05) is 17.7 Å². The lowest BCUT2D eigenvalue weighted by Gasteiger charge is -2.00. The molecule has 2 N–H and O–H groups in total. The molecule has 0 saturated carbocycles. The lowest BCUT2D eigenvalue weighted by molar-refractivity contribution is 0.0690. The molecule has 0 aliphatic carbocycles. The number of hydrogen-bond acceptors (Lipinski definition) is 2. The van der Waals surface area contributed by atoms with Gasteiger partial charge in [0.2, 0.25) is 0 Å². The highest BCUT2D eigenvalue weighted by molar-refractivity contribution is 6.35. The van der Waals surface area contributed by atoms with Crippen LogP contribution in [-0.2, 0) is 0 Å². The van der Waals surface area contributed by atoms with Crippen LogP contribution in [0.2, 0.25) is 5.02 Å². The first-order valence-electron chi connectivity index (χ1n) is 4.14. The Bertz CT molecular complexity index is 603. The first kappa shape index (κ1) is 9.73. The Hall–Kier alpha value is -1.81. The standard InChI is InChI=1S/C10H6ClNO3/c11-7-3-1-2-5-6(7)4-8(10(14)15)12-9(5)13/h1-4H,(H,12,13)(H,14,15). The van der Waals surface area contributed by atoms with Crippen LogP contribution in [0.25, 0.3) is 10.8 Å². The minimum Gasteiger partial charge on any atom is -0.477 e. The fraction of sp³-hybridized carbons (Fsp3) is 0. The van der Waals surface area contributed by atoms with Crippen molar-refractivity contribution in [3.05, 3.63) is 45.3 Å². The van der Waals surface area contributed by atoms with Crippen molar-refractivity contribution < 1.29 is 9.90 Å². The summed E-state index contributed by atoms with van der Waals surface area (Å²) in [5, 5.41) is 9.94. The number of pyridine rings is 1. The van der Waals surface area contributed by atoms with E-state index in [1.807, 2.05) is 0 Å². The van der Waals surface area contributed by atoms with E-state index >= 15 is 0 Å². The summed E-state index contributed by atoms with van der Waals surface area (Å²) in [7, 11) is 0. The molecular weight excluding hydrogens is 218 g/mol. The molecular formula is C10H6ClNO3. The smallest absolute Gasteiger partial charge is 0.352 e. The van der Waals surface area contributed by atoms with Crippen LogP contribution in [-0.4, -0.2) is 16.1 Å². The molecule has 1 heterocycles. The summed E-state index contributed by atoms with van der Waals surface area (Å²) in [5.41, 5.74) is -0.618. The molecule has 0 atom stereocenters. The van der Waals surface area contributed by atoms with Gasteiger partial charge in [0.1, 0.15) is 5.69 Å². The molecule has 4 nitrogen and oxygen atoms in total. The SMILES string of the molecule is O=C(O)c1cc2c(Cl)cccc2c(=O)[nH]1. The molecule has 0 amide bonds. The topological polar surface area (TPSA) is 70.2 Å². The van der Waals surface area contributed by atoms with E-state index in [0.717, 1.165) is 0 Å². The molecule has 0 radical (unpaired) electrons. The number of aromatic carboxylic acids is 1. The predicted molar refractivity (Wildman–Crippen MR) is 56.5 cm³/mol. The number of benzene rings is 1. The number of halogens is 1. The third-order valence-electron chi connectivity index (χ3n) is 2.06. The molecule has 5 heteroatoms. The van der Waals surface area contributed by atoms with Crippen molar-refractivity contribution in [2.45, 2.75) is 0 Å². The first-order chi connectivity index (χ1) is 7.09. The molecule has 0 aliphatic heterocycles. The van der Waals surface area contributed by atoms with Gasteiger partial charge in [-0.05, 0) is 18.2 Å². The highest BCUT2D eigenvalue weighted by atomic mass is 35.5. The number of carboxylic acid groups (broad SMARTS) is 1. The van der Waals surface area contributed by atoms with Gasteiger partial charge in [-0.25, -0.2) is 4.79 Å². The number of nitrogens with one attached hydrogen (secondary N) is 1. The fourth-order valence-corrected chi connectivity index (χ4v) is 1.60. The van der Waals surface area contributed by atoms with Crippen molar-refractivity contribution in [3.8, 4) is 0 Å². The minimum absolute atomic E-state index is 0.166. The Morgan fingerprint density at radius 3 is 2.73 bits per heavy atom. The van der Waals surface area contributed by atoms with Gasteiger partial charge in [-0.3, -0.25) is 4.79 Å². The highest BCUT2D eigenvalue weighted by Crippen LogP contribution is 2.20. The number of carboxylic acids is 1. The van der Waals surface area contributed by atoms with Crippen molar-refractivity contribution in [1.29, 1.82) is 0 Å². The lowest BCUT2D eigenvalue weighted by Crippen LogP contribution is -2.12. The van der Waals surface area contributed by atoms with E-state index in [9.17, 15) is 9.59 Å². The maximum Gasteiger partial charge on any atom is 0.352 e. The Balaban J connectivity index is 2.92. The van der Waals surface area contributed by atoms with Crippen molar-refractivity contribution in [2.24, 2.45) is 0 Å². The quantitative estimate of drug-likeness (QED) is 0.776. The van der Waals surface area contributed by atoms with E-state index in [0.29, 0.717) is 15.8 Å². The van der Waals surface area contributed by atoms with E-state index in [1.54, 1.807) is 18.2 Å². The van der Waals surface area contributed by atoms with Gasteiger partial charge in [0.05, 0.1) is 0 Å². The van der Waals surface area contributed by atoms with Crippen LogP contribution >= 0.6 is 11.6 Å². The second-order valence-electron chi connectivity index (χ2n) is 3.02. The number of carbonyl (C=O) groups is 1. The van der Waals surface area contributed by atoms with Crippen LogP contribution in [0, 0.1) is 0 Å². The molecule has 0 unspecified atom stereocenters. The monoisotopic (exact) mass is 223 g/mol. The number of fused-ring (bicyclic) bond motifs is 1. The van der Waals surface area contributed by atoms with E-state index in [-0.39, 0.29) is 5.69 Å². The molecule has 0 bridgehead atoms. The summed E-state index contributed by atoms with van der Waals surface area (Å²) in [4.78, 5) is 24.4. The third kappa shape index (κ3) is 1.59. The first-order valence-corrected chi connectivity index (χ1v) is 4.52. The zero-order valence-corrected chi connectivity index (χ0v) is 8.21. The summed E-state index contributed by atoms with van der Waals surface area (Å²) in [6, 6.07) is 6.18. The molecule has 0 spiro atoms. The van der Waals surface area contributed by atoms with E-state index < -0.39 is 11.5 Å². The van der Waals surface area contributed by atoms with Gasteiger partial charge in [-0.15, -0.1) is 0 Å². The van der Waals surface area contributed by atoms with E-state index in [2.05, 4.69) is 4.98 Å². The zero-order chi connectivity index (χ0) is 11.0. The number of H-pyrrole nitrogens is 1. The summed E-state index contributed by atoms with van der Waals surface area (Å²) in [5.74, 6) is -1.19. The molecule has 2 aromatic rings. The summed E-state index contributed by atoms with van der Waals surface area (Å²) in [6.45, 7) is 0. The Morgan fingerprint density at radius 1 is 1.33 bits per heavy atom. The van der Waals surface area contributed by atoms with Gasteiger partial charge in [0.15, 0.2) is 0 Å². The van der Waals surface area contributed by atoms with Crippen molar-refractivity contribution in [2.75, 3.05) is 0 Å². The molecule has 0 saturated heterocycles. The van der Waals surface area contributed by atoms with Crippen LogP contribution in [0.3, 0.4) is 0 Å². The molecule has 1 aromatic carbocycles. The van der Waals surface area contributed by atoms with Crippen molar-refractivity contribution >= 4 is 28.3 Å². The average molecular weight is 224 g/mol. The Morgan fingerprint density at radius 2 is 2.07 bits per heavy atom. The number of aromatic amines is 1. The summed E-state index contributed by atoms with van der Waals surface area (Å²) < 4.78 is 0. The molecule has 1 aromatic heterocycles. The van der Waals surface area contributed by atoms with Crippen molar-refractivity contribution in [3.63, 3.8) is 0 Å². The molecule has 2 rings (SSSR count). The van der Waals surface area contributed by atoms with Crippen molar-refractivity contribution in [1.82, 2.24) is 4.98 Å². The van der Waals surface area contributed by atoms with E-state index in [4.69, 9.17) is 16.7 Å². The van der Waals surface area contributed by atoms with E-state index in [1.165, 1.54) is 6.07 Å². The predicted octanol–water partition coefficient (Wildman–Crippen LogP) is 1.88. The van der Waals surface area contributed by atoms with Gasteiger partial charge >= 0.3 is 5.97 Å².